The molecule has 118 valence electrons. The van der Waals surface area contributed by atoms with Crippen molar-refractivity contribution in [2.45, 2.75) is 16.2 Å². The van der Waals surface area contributed by atoms with Crippen LogP contribution in [-0.2, 0) is 10.0 Å². The molecular weight excluding hydrogens is 306 g/mol. The van der Waals surface area contributed by atoms with E-state index in [2.05, 4.69) is 14.9 Å². The third-order valence-corrected chi connectivity index (χ3v) is 5.96. The fourth-order valence-corrected chi connectivity index (χ4v) is 4.58. The van der Waals surface area contributed by atoms with Crippen molar-refractivity contribution in [3.05, 3.63) is 24.3 Å². The largest absolute Gasteiger partial charge is 0.314 e. The summed E-state index contributed by atoms with van der Waals surface area (Å²) in [6.07, 6.45) is 2.72. The second-order valence-corrected chi connectivity index (χ2v) is 7.58. The van der Waals surface area contributed by atoms with Gasteiger partial charge in [0.1, 0.15) is 0 Å². The van der Waals surface area contributed by atoms with Gasteiger partial charge in [-0.15, -0.1) is 11.8 Å². The van der Waals surface area contributed by atoms with Gasteiger partial charge in [-0.05, 0) is 31.4 Å². The van der Waals surface area contributed by atoms with Crippen LogP contribution in [0.1, 0.15) is 6.42 Å². The molecule has 2 N–H and O–H groups in total. The molecule has 1 aliphatic heterocycles. The molecule has 1 aromatic carbocycles. The molecule has 5 nitrogen and oxygen atoms in total. The Morgan fingerprint density at radius 1 is 1.29 bits per heavy atom. The Hall–Kier alpha value is -0.600. The molecule has 0 unspecified atom stereocenters. The number of benzene rings is 1. The summed E-state index contributed by atoms with van der Waals surface area (Å²) in [4.78, 5) is 3.52. The van der Waals surface area contributed by atoms with Gasteiger partial charge in [-0.3, -0.25) is 0 Å². The van der Waals surface area contributed by atoms with Gasteiger partial charge in [0, 0.05) is 37.6 Å². The van der Waals surface area contributed by atoms with Crippen molar-refractivity contribution in [1.82, 2.24) is 14.9 Å². The van der Waals surface area contributed by atoms with Crippen LogP contribution in [0.5, 0.6) is 0 Å². The van der Waals surface area contributed by atoms with Crippen LogP contribution < -0.4 is 10.0 Å². The van der Waals surface area contributed by atoms with Gasteiger partial charge in [0.05, 0.1) is 4.90 Å². The highest BCUT2D eigenvalue weighted by Crippen LogP contribution is 2.23. The second kappa shape index (κ2) is 8.14. The molecular formula is C14H23N3O2S2. The minimum atomic E-state index is -3.41. The first-order valence-electron chi connectivity index (χ1n) is 7.19. The molecule has 21 heavy (non-hydrogen) atoms. The maximum Gasteiger partial charge on any atom is 0.241 e. The van der Waals surface area contributed by atoms with Crippen molar-refractivity contribution in [3.63, 3.8) is 0 Å². The van der Waals surface area contributed by atoms with Crippen molar-refractivity contribution in [2.75, 3.05) is 45.5 Å². The SMILES string of the molecule is CSc1ccccc1S(=O)(=O)NCCCN1CCNCC1. The number of sulfonamides is 1. The van der Waals surface area contributed by atoms with Crippen molar-refractivity contribution >= 4 is 21.8 Å². The fraction of sp³-hybridized carbons (Fsp3) is 0.571. The number of nitrogens with one attached hydrogen (secondary N) is 2. The van der Waals surface area contributed by atoms with Crippen molar-refractivity contribution in [1.29, 1.82) is 0 Å². The number of rotatable bonds is 7. The van der Waals surface area contributed by atoms with Gasteiger partial charge < -0.3 is 10.2 Å². The normalized spacial score (nSPS) is 17.0. The molecule has 1 heterocycles. The van der Waals surface area contributed by atoms with Gasteiger partial charge in [-0.25, -0.2) is 13.1 Å². The lowest BCUT2D eigenvalue weighted by molar-refractivity contribution is 0.239. The first-order chi connectivity index (χ1) is 10.1. The molecule has 0 radical (unpaired) electrons. The quantitative estimate of drug-likeness (QED) is 0.577. The van der Waals surface area contributed by atoms with Crippen molar-refractivity contribution in [3.8, 4) is 0 Å². The van der Waals surface area contributed by atoms with E-state index in [0.29, 0.717) is 11.4 Å². The predicted octanol–water partition coefficient (Wildman–Crippen LogP) is 0.982. The minimum Gasteiger partial charge on any atom is -0.314 e. The molecule has 1 fully saturated rings. The van der Waals surface area contributed by atoms with E-state index in [1.165, 1.54) is 11.8 Å². The van der Waals surface area contributed by atoms with E-state index in [9.17, 15) is 8.42 Å². The van der Waals surface area contributed by atoms with Crippen LogP contribution in [-0.4, -0.2) is 58.8 Å². The summed E-state index contributed by atoms with van der Waals surface area (Å²) in [5.74, 6) is 0. The Bertz CT molecular complexity index is 543. The lowest BCUT2D eigenvalue weighted by Gasteiger charge is -2.27. The Balaban J connectivity index is 1.83. The molecule has 0 amide bonds. The summed E-state index contributed by atoms with van der Waals surface area (Å²) >= 11 is 1.45. The van der Waals surface area contributed by atoms with Crippen LogP contribution >= 0.6 is 11.8 Å². The number of hydrogen-bond acceptors (Lipinski definition) is 5. The molecule has 0 aliphatic carbocycles. The van der Waals surface area contributed by atoms with E-state index in [-0.39, 0.29) is 0 Å². The first-order valence-corrected chi connectivity index (χ1v) is 9.90. The number of piperazine rings is 1. The van der Waals surface area contributed by atoms with E-state index in [4.69, 9.17) is 0 Å². The van der Waals surface area contributed by atoms with E-state index in [1.807, 2.05) is 18.4 Å². The minimum absolute atomic E-state index is 0.375. The summed E-state index contributed by atoms with van der Waals surface area (Å²) < 4.78 is 27.3. The van der Waals surface area contributed by atoms with Gasteiger partial charge in [-0.2, -0.15) is 0 Å². The standard InChI is InChI=1S/C14H23N3O2S2/c1-20-13-5-2-3-6-14(13)21(18,19)16-7-4-10-17-11-8-15-9-12-17/h2-3,5-6,15-16H,4,7-12H2,1H3. The average molecular weight is 329 g/mol. The number of nitrogens with zero attached hydrogens (tertiary/aromatic N) is 1. The van der Waals surface area contributed by atoms with Gasteiger partial charge in [-0.1, -0.05) is 12.1 Å². The Morgan fingerprint density at radius 3 is 2.71 bits per heavy atom. The molecule has 0 aromatic heterocycles. The molecule has 0 bridgehead atoms. The van der Waals surface area contributed by atoms with Crippen LogP contribution in [0.4, 0.5) is 0 Å². The summed E-state index contributed by atoms with van der Waals surface area (Å²) in [6.45, 7) is 5.55. The third kappa shape index (κ3) is 4.96. The summed E-state index contributed by atoms with van der Waals surface area (Å²) in [6, 6.07) is 7.11. The van der Waals surface area contributed by atoms with Crippen molar-refractivity contribution in [2.24, 2.45) is 0 Å². The van der Waals surface area contributed by atoms with Crippen LogP contribution in [0, 0.1) is 0 Å². The summed E-state index contributed by atoms with van der Waals surface area (Å²) in [5.41, 5.74) is 0. The maximum atomic E-state index is 12.3. The smallest absolute Gasteiger partial charge is 0.241 e. The van der Waals surface area contributed by atoms with Crippen LogP contribution in [0.15, 0.2) is 34.1 Å². The lowest BCUT2D eigenvalue weighted by Crippen LogP contribution is -2.44. The van der Waals surface area contributed by atoms with Gasteiger partial charge in [0.25, 0.3) is 0 Å². The molecule has 2 rings (SSSR count). The Morgan fingerprint density at radius 2 is 2.00 bits per heavy atom. The zero-order valence-electron chi connectivity index (χ0n) is 12.3. The van der Waals surface area contributed by atoms with Gasteiger partial charge >= 0.3 is 0 Å². The highest BCUT2D eigenvalue weighted by Gasteiger charge is 2.17. The van der Waals surface area contributed by atoms with Crippen LogP contribution in [0.3, 0.4) is 0 Å². The van der Waals surface area contributed by atoms with E-state index in [1.54, 1.807) is 12.1 Å². The van der Waals surface area contributed by atoms with Crippen LogP contribution in [0.2, 0.25) is 0 Å². The zero-order valence-corrected chi connectivity index (χ0v) is 14.0. The zero-order chi connectivity index (χ0) is 15.1. The average Bonchev–Trinajstić information content (AvgIpc) is 2.52. The second-order valence-electron chi connectivity index (χ2n) is 4.99. The maximum absolute atomic E-state index is 12.3. The van der Waals surface area contributed by atoms with Gasteiger partial charge in [0.15, 0.2) is 0 Å². The summed E-state index contributed by atoms with van der Waals surface area (Å²) in [7, 11) is -3.41. The Labute approximate surface area is 131 Å². The Kier molecular flexibility index (Phi) is 6.50. The van der Waals surface area contributed by atoms with Crippen molar-refractivity contribution < 1.29 is 8.42 Å². The molecule has 1 aliphatic rings. The summed E-state index contributed by atoms with van der Waals surface area (Å²) in [5, 5.41) is 3.31. The fourth-order valence-electron chi connectivity index (χ4n) is 2.36. The molecule has 0 saturated carbocycles. The molecule has 1 saturated heterocycles. The van der Waals surface area contributed by atoms with E-state index in [0.717, 1.165) is 44.0 Å². The topological polar surface area (TPSA) is 61.4 Å². The molecule has 1 aromatic rings. The highest BCUT2D eigenvalue weighted by atomic mass is 32.2. The third-order valence-electron chi connectivity index (χ3n) is 3.51. The van der Waals surface area contributed by atoms with E-state index >= 15 is 0 Å². The lowest BCUT2D eigenvalue weighted by atomic mass is 10.3. The van der Waals surface area contributed by atoms with Gasteiger partial charge in [0.2, 0.25) is 10.0 Å². The van der Waals surface area contributed by atoms with Crippen LogP contribution in [0.25, 0.3) is 0 Å². The molecule has 7 heteroatoms. The predicted molar refractivity (Wildman–Crippen MR) is 87.3 cm³/mol. The van der Waals surface area contributed by atoms with E-state index < -0.39 is 10.0 Å². The molecule has 0 spiro atoms. The number of thioether (sulfide) groups is 1. The molecule has 0 atom stereocenters. The highest BCUT2D eigenvalue weighted by molar-refractivity contribution is 7.99. The first kappa shape index (κ1) is 16.8. The number of hydrogen-bond donors (Lipinski definition) is 2. The monoisotopic (exact) mass is 329 g/mol.